The molecule has 0 aromatic heterocycles. The van der Waals surface area contributed by atoms with Crippen molar-refractivity contribution in [1.82, 2.24) is 0 Å². The SMILES string of the molecule is C[Si](OS(=O)(=O)C(F)(F)F)OS(=O)(=O)C(F)(F)F. The summed E-state index contributed by atoms with van der Waals surface area (Å²) in [5, 5.41) is 0. The highest BCUT2D eigenvalue weighted by molar-refractivity contribution is 7.89. The van der Waals surface area contributed by atoms with Crippen molar-refractivity contribution in [2.24, 2.45) is 0 Å². The normalized spacial score (nSPS) is 15.1. The van der Waals surface area contributed by atoms with Gasteiger partial charge in [0.15, 0.2) is 0 Å². The van der Waals surface area contributed by atoms with Crippen molar-refractivity contribution in [1.29, 1.82) is 0 Å². The Morgan fingerprint density at radius 3 is 1.17 bits per heavy atom. The van der Waals surface area contributed by atoms with Crippen LogP contribution in [0.25, 0.3) is 0 Å². The minimum atomic E-state index is -6.23. The molecule has 0 unspecified atom stereocenters. The van der Waals surface area contributed by atoms with E-state index >= 15 is 0 Å². The first-order chi connectivity index (χ1) is 7.60. The molecule has 0 aromatic rings. The van der Waals surface area contributed by atoms with Crippen LogP contribution in [0, 0.1) is 0 Å². The van der Waals surface area contributed by atoms with Gasteiger partial charge in [-0.25, -0.2) is 0 Å². The quantitative estimate of drug-likeness (QED) is 0.428. The Morgan fingerprint density at radius 2 is 1.00 bits per heavy atom. The lowest BCUT2D eigenvalue weighted by Gasteiger charge is -2.14. The second-order valence-electron chi connectivity index (χ2n) is 2.46. The Bertz CT molecular complexity index is 442. The van der Waals surface area contributed by atoms with Gasteiger partial charge in [-0.05, 0) is 6.55 Å². The van der Waals surface area contributed by atoms with E-state index in [1.807, 2.05) is 0 Å². The molecule has 0 rings (SSSR count). The summed E-state index contributed by atoms with van der Waals surface area (Å²) in [4.78, 5) is 0. The van der Waals surface area contributed by atoms with Crippen LogP contribution >= 0.6 is 0 Å². The van der Waals surface area contributed by atoms with Crippen molar-refractivity contribution in [3.8, 4) is 0 Å². The van der Waals surface area contributed by atoms with Crippen LogP contribution in [0.15, 0.2) is 0 Å². The minimum Gasteiger partial charge on any atom is -0.274 e. The van der Waals surface area contributed by atoms with Crippen molar-refractivity contribution >= 4 is 29.5 Å². The van der Waals surface area contributed by atoms with Gasteiger partial charge in [0.25, 0.3) is 0 Å². The van der Waals surface area contributed by atoms with Crippen LogP contribution in [0.5, 0.6) is 0 Å². The molecular weight excluding hydrogens is 338 g/mol. The molecule has 15 heteroatoms. The molecule has 0 aliphatic heterocycles. The first-order valence-electron chi connectivity index (χ1n) is 3.45. The van der Waals surface area contributed by atoms with Crippen molar-refractivity contribution in [2.45, 2.75) is 17.6 Å². The third-order valence-corrected chi connectivity index (χ3v) is 5.79. The molecule has 0 aromatic carbocycles. The Morgan fingerprint density at radius 1 is 0.778 bits per heavy atom. The molecule has 0 saturated heterocycles. The highest BCUT2D eigenvalue weighted by Crippen LogP contribution is 2.28. The Hall–Kier alpha value is -0.383. The molecule has 0 amide bonds. The van der Waals surface area contributed by atoms with Crippen molar-refractivity contribution in [2.75, 3.05) is 0 Å². The lowest BCUT2D eigenvalue weighted by Crippen LogP contribution is -2.37. The Kier molecular flexibility index (Phi) is 4.84. The lowest BCUT2D eigenvalue weighted by atomic mass is 11.6. The van der Waals surface area contributed by atoms with Gasteiger partial charge in [0.05, 0.1) is 0 Å². The van der Waals surface area contributed by atoms with Crippen LogP contribution in [0.3, 0.4) is 0 Å². The van der Waals surface area contributed by atoms with E-state index in [0.717, 1.165) is 0 Å². The third-order valence-electron chi connectivity index (χ3n) is 1.02. The molecule has 0 saturated carbocycles. The molecule has 6 nitrogen and oxygen atoms in total. The summed E-state index contributed by atoms with van der Waals surface area (Å²) in [6.07, 6.45) is 0. The fraction of sp³-hybridized carbons (Fsp3) is 1.00. The van der Waals surface area contributed by atoms with E-state index in [-0.39, 0.29) is 0 Å². The smallest absolute Gasteiger partial charge is 0.274 e. The Balaban J connectivity index is 4.92. The second-order valence-corrected chi connectivity index (χ2v) is 7.52. The molecule has 0 aliphatic rings. The zero-order valence-electron chi connectivity index (χ0n) is 8.03. The number of hydrogen-bond donors (Lipinski definition) is 0. The van der Waals surface area contributed by atoms with E-state index in [1.165, 1.54) is 0 Å². The summed E-state index contributed by atoms with van der Waals surface area (Å²) in [5.74, 6) is 0. The van der Waals surface area contributed by atoms with Gasteiger partial charge in [-0.1, -0.05) is 0 Å². The van der Waals surface area contributed by atoms with E-state index in [4.69, 9.17) is 0 Å². The number of hydrogen-bond acceptors (Lipinski definition) is 6. The molecule has 0 fully saturated rings. The number of alkyl halides is 6. The summed E-state index contributed by atoms with van der Waals surface area (Å²) in [6, 6.07) is 0. The highest BCUT2D eigenvalue weighted by atomic mass is 32.2. The predicted molar refractivity (Wildman–Crippen MR) is 43.7 cm³/mol. The topological polar surface area (TPSA) is 86.7 Å². The number of rotatable bonds is 4. The summed E-state index contributed by atoms with van der Waals surface area (Å²) < 4.78 is 118. The van der Waals surface area contributed by atoms with Crippen LogP contribution < -0.4 is 0 Å². The van der Waals surface area contributed by atoms with Crippen molar-refractivity contribution < 1.29 is 50.9 Å². The van der Waals surface area contributed by atoms with Gasteiger partial charge in [0, 0.05) is 0 Å². The zero-order chi connectivity index (χ0) is 15.0. The fourth-order valence-corrected chi connectivity index (χ4v) is 4.01. The van der Waals surface area contributed by atoms with E-state index in [0.29, 0.717) is 6.55 Å². The molecule has 0 heterocycles. The van der Waals surface area contributed by atoms with Crippen LogP contribution in [0.1, 0.15) is 0 Å². The third kappa shape index (κ3) is 4.37. The van der Waals surface area contributed by atoms with Gasteiger partial charge in [0.1, 0.15) is 0 Å². The molecule has 0 spiro atoms. The van der Waals surface area contributed by atoms with Crippen LogP contribution in [-0.4, -0.2) is 37.1 Å². The van der Waals surface area contributed by atoms with Gasteiger partial charge in [0.2, 0.25) is 0 Å². The molecule has 0 aliphatic carbocycles. The largest absolute Gasteiger partial charge is 0.522 e. The van der Waals surface area contributed by atoms with E-state index in [2.05, 4.69) is 7.74 Å². The van der Waals surface area contributed by atoms with Gasteiger partial charge >= 0.3 is 40.5 Å². The van der Waals surface area contributed by atoms with Gasteiger partial charge in [-0.2, -0.15) is 43.2 Å². The Labute approximate surface area is 98.6 Å². The van der Waals surface area contributed by atoms with Crippen molar-refractivity contribution in [3.63, 3.8) is 0 Å². The van der Waals surface area contributed by atoms with Gasteiger partial charge < -0.3 is 0 Å². The predicted octanol–water partition coefficient (Wildman–Crippen LogP) is 0.837. The average molecular weight is 341 g/mol. The van der Waals surface area contributed by atoms with E-state index in [1.54, 1.807) is 0 Å². The van der Waals surface area contributed by atoms with Crippen LogP contribution in [-0.2, 0) is 28.0 Å². The molecule has 0 bridgehead atoms. The van der Waals surface area contributed by atoms with Crippen molar-refractivity contribution in [3.05, 3.63) is 0 Å². The summed E-state index contributed by atoms with van der Waals surface area (Å²) in [7, 11) is -16.3. The lowest BCUT2D eigenvalue weighted by molar-refractivity contribution is -0.0524. The van der Waals surface area contributed by atoms with E-state index < -0.39 is 40.5 Å². The van der Waals surface area contributed by atoms with E-state index in [9.17, 15) is 43.2 Å². The molecule has 0 atom stereocenters. The zero-order valence-corrected chi connectivity index (χ0v) is 10.7. The second kappa shape index (κ2) is 4.95. The molecule has 18 heavy (non-hydrogen) atoms. The highest BCUT2D eigenvalue weighted by Gasteiger charge is 2.52. The molecule has 1 radical (unpaired) electrons. The standard InChI is InChI=1S/C3H3F6O6S2Si/c1-18(14-16(10,11)2(4,5)6)15-17(12,13)3(7,8)9/h1H3. The number of halogens is 6. The maximum atomic E-state index is 11.7. The molecular formula is C3H3F6O6S2Si. The maximum Gasteiger partial charge on any atom is 0.522 e. The maximum absolute atomic E-state index is 11.7. The van der Waals surface area contributed by atoms with Gasteiger partial charge in [-0.15, -0.1) is 0 Å². The fourth-order valence-electron chi connectivity index (χ4n) is 0.417. The average Bonchev–Trinajstić information content (AvgIpc) is 1.95. The summed E-state index contributed by atoms with van der Waals surface area (Å²) in [6.45, 7) is 0.331. The summed E-state index contributed by atoms with van der Waals surface area (Å²) >= 11 is 0. The van der Waals surface area contributed by atoms with Crippen LogP contribution in [0.2, 0.25) is 6.55 Å². The molecule has 0 N–H and O–H groups in total. The van der Waals surface area contributed by atoms with Crippen LogP contribution in [0.4, 0.5) is 26.3 Å². The first kappa shape index (κ1) is 17.6. The summed E-state index contributed by atoms with van der Waals surface area (Å²) in [5.41, 5.74) is -11.8. The monoisotopic (exact) mass is 341 g/mol. The van der Waals surface area contributed by atoms with Gasteiger partial charge in [-0.3, -0.25) is 7.74 Å². The molecule has 109 valence electrons. The minimum absolute atomic E-state index is 0.331. The first-order valence-corrected chi connectivity index (χ1v) is 8.08.